The van der Waals surface area contributed by atoms with E-state index in [1.54, 1.807) is 44.7 Å². The number of ether oxygens (including phenoxy) is 2. The van der Waals surface area contributed by atoms with Gasteiger partial charge >= 0.3 is 6.09 Å². The molecule has 1 N–H and O–H groups in total. The monoisotopic (exact) mass is 468 g/mol. The van der Waals surface area contributed by atoms with Gasteiger partial charge < -0.3 is 19.7 Å². The first-order valence-corrected chi connectivity index (χ1v) is 11.5. The fourth-order valence-electron chi connectivity index (χ4n) is 4.13. The molecule has 0 unspecified atom stereocenters. The Morgan fingerprint density at radius 2 is 2.00 bits per heavy atom. The van der Waals surface area contributed by atoms with Crippen LogP contribution in [0, 0.1) is 0 Å². The molecule has 34 heavy (non-hydrogen) atoms. The summed E-state index contributed by atoms with van der Waals surface area (Å²) in [6.45, 7) is 5.55. The summed E-state index contributed by atoms with van der Waals surface area (Å²) >= 11 is 0. The summed E-state index contributed by atoms with van der Waals surface area (Å²) in [5.41, 5.74) is 2.48. The molecule has 0 aromatic carbocycles. The van der Waals surface area contributed by atoms with E-state index in [-0.39, 0.29) is 13.1 Å². The molecule has 9 nitrogen and oxygen atoms in total. The quantitative estimate of drug-likeness (QED) is 0.604. The second-order valence-corrected chi connectivity index (χ2v) is 9.86. The third-order valence-electron chi connectivity index (χ3n) is 5.93. The Balaban J connectivity index is 1.36. The van der Waals surface area contributed by atoms with Crippen molar-refractivity contribution in [2.75, 3.05) is 25.5 Å². The topological polar surface area (TPSA) is 93.9 Å². The molecule has 1 aliphatic heterocycles. The molecule has 4 heterocycles. The van der Waals surface area contributed by atoms with Gasteiger partial charge in [-0.3, -0.25) is 0 Å². The van der Waals surface area contributed by atoms with Crippen LogP contribution in [-0.4, -0.2) is 68.6 Å². The summed E-state index contributed by atoms with van der Waals surface area (Å²) in [6, 6.07) is 4.93. The molecule has 2 aliphatic rings. The van der Waals surface area contributed by atoms with Crippen molar-refractivity contribution >= 4 is 17.6 Å². The Kier molecular flexibility index (Phi) is 5.53. The number of nitrogens with one attached hydrogen (secondary N) is 1. The van der Waals surface area contributed by atoms with Gasteiger partial charge in [0, 0.05) is 12.5 Å². The number of pyridine rings is 1. The van der Waals surface area contributed by atoms with Gasteiger partial charge in [0.2, 0.25) is 0 Å². The van der Waals surface area contributed by atoms with E-state index in [0.717, 1.165) is 29.8 Å². The number of nitrogens with zero attached hydrogens (tertiary/aromatic N) is 5. The van der Waals surface area contributed by atoms with Gasteiger partial charge in [-0.2, -0.15) is 5.10 Å². The molecule has 2 atom stereocenters. The Labute approximate surface area is 197 Å². The summed E-state index contributed by atoms with van der Waals surface area (Å²) in [4.78, 5) is 23.3. The Morgan fingerprint density at radius 3 is 2.71 bits per heavy atom. The van der Waals surface area contributed by atoms with Crippen LogP contribution in [0.1, 0.15) is 45.2 Å². The van der Waals surface area contributed by atoms with Gasteiger partial charge in [-0.05, 0) is 45.7 Å². The molecule has 0 bridgehead atoms. The minimum atomic E-state index is -1.23. The van der Waals surface area contributed by atoms with E-state index in [4.69, 9.17) is 14.5 Å². The SMILES string of the molecule is COc1cn2ncc(-c3cccc(N[C@H]4CN(C(=O)OC(C)(C)C)C[C@@H]4F)n3)c2nc1C1CC1. The van der Waals surface area contributed by atoms with Crippen molar-refractivity contribution in [2.45, 2.75) is 57.3 Å². The number of carbonyl (C=O) groups is 1. The van der Waals surface area contributed by atoms with Gasteiger partial charge in [0.25, 0.3) is 0 Å². The molecule has 1 aliphatic carbocycles. The molecule has 2 fully saturated rings. The van der Waals surface area contributed by atoms with Crippen molar-refractivity contribution in [3.63, 3.8) is 0 Å². The number of fused-ring (bicyclic) bond motifs is 1. The molecule has 1 saturated carbocycles. The van der Waals surface area contributed by atoms with E-state index in [9.17, 15) is 9.18 Å². The maximum Gasteiger partial charge on any atom is 0.410 e. The second kappa shape index (κ2) is 8.41. The lowest BCUT2D eigenvalue weighted by Gasteiger charge is -2.24. The number of likely N-dealkylation sites (tertiary alicyclic amines) is 1. The van der Waals surface area contributed by atoms with Crippen molar-refractivity contribution in [2.24, 2.45) is 0 Å². The molecule has 0 radical (unpaired) electrons. The predicted octanol–water partition coefficient (Wildman–Crippen LogP) is 4.05. The highest BCUT2D eigenvalue weighted by Gasteiger charge is 2.37. The van der Waals surface area contributed by atoms with Crippen LogP contribution in [0.4, 0.5) is 15.0 Å². The van der Waals surface area contributed by atoms with Crippen LogP contribution in [0.2, 0.25) is 0 Å². The number of aromatic nitrogens is 4. The van der Waals surface area contributed by atoms with Gasteiger partial charge in [-0.25, -0.2) is 23.7 Å². The number of hydrogen-bond donors (Lipinski definition) is 1. The van der Waals surface area contributed by atoms with E-state index in [1.165, 1.54) is 4.90 Å². The molecule has 3 aromatic heterocycles. The third-order valence-corrected chi connectivity index (χ3v) is 5.93. The average molecular weight is 469 g/mol. The van der Waals surface area contributed by atoms with Gasteiger partial charge in [0.05, 0.1) is 49.0 Å². The smallest absolute Gasteiger partial charge is 0.410 e. The number of carbonyl (C=O) groups excluding carboxylic acids is 1. The molecule has 10 heteroatoms. The zero-order valence-electron chi connectivity index (χ0n) is 19.8. The van der Waals surface area contributed by atoms with E-state index in [1.807, 2.05) is 18.3 Å². The Hall–Kier alpha value is -3.43. The molecule has 5 rings (SSSR count). The summed E-state index contributed by atoms with van der Waals surface area (Å²) in [6.07, 6.45) is 4.03. The highest BCUT2D eigenvalue weighted by Crippen LogP contribution is 2.43. The van der Waals surface area contributed by atoms with Crippen LogP contribution in [0.25, 0.3) is 16.9 Å². The molecule has 1 saturated heterocycles. The molecule has 3 aromatic rings. The third kappa shape index (κ3) is 4.49. The largest absolute Gasteiger partial charge is 0.493 e. The second-order valence-electron chi connectivity index (χ2n) is 9.86. The lowest BCUT2D eigenvalue weighted by molar-refractivity contribution is 0.0283. The lowest BCUT2D eigenvalue weighted by Crippen LogP contribution is -2.36. The van der Waals surface area contributed by atoms with E-state index < -0.39 is 23.9 Å². The zero-order valence-corrected chi connectivity index (χ0v) is 19.8. The first-order valence-electron chi connectivity index (χ1n) is 11.5. The van der Waals surface area contributed by atoms with Crippen molar-refractivity contribution in [3.05, 3.63) is 36.3 Å². The summed E-state index contributed by atoms with van der Waals surface area (Å²) < 4.78 is 27.3. The Morgan fingerprint density at radius 1 is 1.21 bits per heavy atom. The van der Waals surface area contributed by atoms with E-state index >= 15 is 0 Å². The minimum absolute atomic E-state index is 0.0178. The number of hydrogen-bond acceptors (Lipinski definition) is 7. The molecule has 180 valence electrons. The van der Waals surface area contributed by atoms with Crippen LogP contribution in [0.5, 0.6) is 5.75 Å². The van der Waals surface area contributed by atoms with Crippen LogP contribution >= 0.6 is 0 Å². The minimum Gasteiger partial charge on any atom is -0.493 e. The fraction of sp³-hybridized carbons (Fsp3) is 0.500. The lowest BCUT2D eigenvalue weighted by atomic mass is 10.2. The number of rotatable bonds is 5. The number of halogens is 1. The van der Waals surface area contributed by atoms with Crippen LogP contribution < -0.4 is 10.1 Å². The van der Waals surface area contributed by atoms with Gasteiger partial charge in [0.15, 0.2) is 11.4 Å². The number of methoxy groups -OCH3 is 1. The van der Waals surface area contributed by atoms with Crippen molar-refractivity contribution in [3.8, 4) is 17.0 Å². The average Bonchev–Trinajstić information content (AvgIpc) is 3.45. The number of anilines is 1. The maximum absolute atomic E-state index is 14.7. The van der Waals surface area contributed by atoms with E-state index in [0.29, 0.717) is 23.1 Å². The first kappa shape index (κ1) is 22.4. The fourth-order valence-corrected chi connectivity index (χ4v) is 4.13. The normalized spacial score (nSPS) is 20.6. The van der Waals surface area contributed by atoms with E-state index in [2.05, 4.69) is 15.4 Å². The molecule has 1 amide bonds. The standard InChI is InChI=1S/C24H29FN6O3/c1-24(2,3)34-23(32)30-11-16(25)18(12-30)28-20-7-5-6-17(27-20)15-10-26-31-13-19(33-4)21(14-8-9-14)29-22(15)31/h5-7,10,13-14,16,18H,8-9,11-12H2,1-4H3,(H,27,28)/t16-,18-/m0/s1. The summed E-state index contributed by atoms with van der Waals surface area (Å²) in [5, 5.41) is 7.57. The van der Waals surface area contributed by atoms with Crippen molar-refractivity contribution in [1.82, 2.24) is 24.5 Å². The van der Waals surface area contributed by atoms with Crippen LogP contribution in [0.3, 0.4) is 0 Å². The molecular formula is C24H29FN6O3. The van der Waals surface area contributed by atoms with Gasteiger partial charge in [-0.1, -0.05) is 6.07 Å². The first-order chi connectivity index (χ1) is 16.2. The highest BCUT2D eigenvalue weighted by molar-refractivity contribution is 5.75. The summed E-state index contributed by atoms with van der Waals surface area (Å²) in [5.74, 6) is 1.67. The van der Waals surface area contributed by atoms with Gasteiger partial charge in [0.1, 0.15) is 17.6 Å². The highest BCUT2D eigenvalue weighted by atomic mass is 19.1. The number of alkyl halides is 1. The summed E-state index contributed by atoms with van der Waals surface area (Å²) in [7, 11) is 1.64. The predicted molar refractivity (Wildman–Crippen MR) is 125 cm³/mol. The van der Waals surface area contributed by atoms with Crippen LogP contribution in [0.15, 0.2) is 30.6 Å². The molecule has 0 spiro atoms. The van der Waals surface area contributed by atoms with Crippen LogP contribution in [-0.2, 0) is 4.74 Å². The zero-order chi connectivity index (χ0) is 24.0. The van der Waals surface area contributed by atoms with Crippen molar-refractivity contribution in [1.29, 1.82) is 0 Å². The number of amides is 1. The maximum atomic E-state index is 14.7. The molecular weight excluding hydrogens is 439 g/mol. The van der Waals surface area contributed by atoms with Gasteiger partial charge in [-0.15, -0.1) is 0 Å². The van der Waals surface area contributed by atoms with Crippen molar-refractivity contribution < 1.29 is 18.7 Å². The Bertz CT molecular complexity index is 1220.